The second-order valence-electron chi connectivity index (χ2n) is 5.30. The zero-order valence-corrected chi connectivity index (χ0v) is 12.5. The number of methoxy groups -OCH3 is 1. The Kier molecular flexibility index (Phi) is 6.02. The molecule has 1 aromatic carbocycles. The van der Waals surface area contributed by atoms with Gasteiger partial charge in [-0.05, 0) is 49.9 Å². The summed E-state index contributed by atoms with van der Waals surface area (Å²) in [6, 6.07) is 7.20. The molecule has 0 heterocycles. The Morgan fingerprint density at radius 2 is 1.90 bits per heavy atom. The number of amidine groups is 1. The van der Waals surface area contributed by atoms with Gasteiger partial charge in [0, 0.05) is 12.7 Å². The first-order chi connectivity index (χ1) is 10.2. The topological polar surface area (TPSA) is 77.6 Å². The molecular formula is C16H24N2O3. The summed E-state index contributed by atoms with van der Waals surface area (Å²) in [6.45, 7) is 1.10. The molecule has 1 aromatic rings. The Hall–Kier alpha value is -1.59. The summed E-state index contributed by atoms with van der Waals surface area (Å²) in [5, 5.41) is 7.33. The molecule has 1 fully saturated rings. The fourth-order valence-corrected chi connectivity index (χ4v) is 2.57. The van der Waals surface area contributed by atoms with Gasteiger partial charge in [-0.15, -0.1) is 0 Å². The van der Waals surface area contributed by atoms with Crippen molar-refractivity contribution in [3.05, 3.63) is 29.8 Å². The van der Waals surface area contributed by atoms with Gasteiger partial charge in [-0.1, -0.05) is 0 Å². The number of rotatable bonds is 7. The van der Waals surface area contributed by atoms with E-state index < -0.39 is 0 Å². The summed E-state index contributed by atoms with van der Waals surface area (Å²) < 4.78 is 16.8. The van der Waals surface area contributed by atoms with E-state index in [1.165, 1.54) is 0 Å². The van der Waals surface area contributed by atoms with E-state index in [4.69, 9.17) is 25.4 Å². The Balaban J connectivity index is 1.66. The van der Waals surface area contributed by atoms with Crippen molar-refractivity contribution < 1.29 is 14.2 Å². The van der Waals surface area contributed by atoms with Crippen LogP contribution in [-0.2, 0) is 9.47 Å². The summed E-state index contributed by atoms with van der Waals surface area (Å²) >= 11 is 0. The lowest BCUT2D eigenvalue weighted by Gasteiger charge is -2.28. The first-order valence-corrected chi connectivity index (χ1v) is 7.40. The maximum absolute atomic E-state index is 7.33. The van der Waals surface area contributed by atoms with Crippen LogP contribution in [0.3, 0.4) is 0 Å². The van der Waals surface area contributed by atoms with Gasteiger partial charge in [0.2, 0.25) is 0 Å². The van der Waals surface area contributed by atoms with E-state index in [0.29, 0.717) is 24.9 Å². The van der Waals surface area contributed by atoms with Crippen LogP contribution in [0.4, 0.5) is 0 Å². The highest BCUT2D eigenvalue weighted by molar-refractivity contribution is 5.94. The predicted molar refractivity (Wildman–Crippen MR) is 82.0 cm³/mol. The molecule has 116 valence electrons. The van der Waals surface area contributed by atoms with Gasteiger partial charge in [-0.2, -0.15) is 0 Å². The Morgan fingerprint density at radius 1 is 1.19 bits per heavy atom. The average Bonchev–Trinajstić information content (AvgIpc) is 2.52. The lowest BCUT2D eigenvalue weighted by atomic mass is 9.95. The molecular weight excluding hydrogens is 268 g/mol. The molecule has 1 saturated carbocycles. The molecule has 0 aromatic heterocycles. The molecule has 0 bridgehead atoms. The van der Waals surface area contributed by atoms with Crippen LogP contribution in [0.15, 0.2) is 24.3 Å². The van der Waals surface area contributed by atoms with Crippen molar-refractivity contribution in [2.45, 2.75) is 37.9 Å². The van der Waals surface area contributed by atoms with Gasteiger partial charge in [0.25, 0.3) is 0 Å². The third kappa shape index (κ3) is 5.02. The van der Waals surface area contributed by atoms with Crippen molar-refractivity contribution in [3.63, 3.8) is 0 Å². The Labute approximate surface area is 125 Å². The van der Waals surface area contributed by atoms with Gasteiger partial charge in [-0.3, -0.25) is 5.41 Å². The normalized spacial score (nSPS) is 22.0. The Bertz CT molecular complexity index is 447. The molecule has 21 heavy (non-hydrogen) atoms. The van der Waals surface area contributed by atoms with Gasteiger partial charge in [0.1, 0.15) is 18.2 Å². The van der Waals surface area contributed by atoms with Crippen LogP contribution in [0.1, 0.15) is 31.2 Å². The van der Waals surface area contributed by atoms with E-state index in [1.807, 2.05) is 12.1 Å². The van der Waals surface area contributed by atoms with E-state index in [1.54, 1.807) is 19.2 Å². The van der Waals surface area contributed by atoms with Gasteiger partial charge in [-0.25, -0.2) is 0 Å². The van der Waals surface area contributed by atoms with Crippen LogP contribution in [0.25, 0.3) is 0 Å². The number of nitrogen functional groups attached to an aromatic ring is 1. The van der Waals surface area contributed by atoms with Crippen molar-refractivity contribution in [2.75, 3.05) is 20.3 Å². The SMILES string of the molecule is COC1CCCC(OCCOc2ccc(C(=N)N)cc2)C1. The van der Waals surface area contributed by atoms with Crippen LogP contribution in [-0.4, -0.2) is 38.4 Å². The zero-order chi connectivity index (χ0) is 15.1. The number of hydrogen-bond donors (Lipinski definition) is 2. The number of hydrogen-bond acceptors (Lipinski definition) is 4. The van der Waals surface area contributed by atoms with E-state index in [2.05, 4.69) is 0 Å². The predicted octanol–water partition coefficient (Wildman–Crippen LogP) is 2.32. The largest absolute Gasteiger partial charge is 0.491 e. The third-order valence-corrected chi connectivity index (χ3v) is 3.78. The van der Waals surface area contributed by atoms with Crippen LogP contribution in [0, 0.1) is 5.41 Å². The fraction of sp³-hybridized carbons (Fsp3) is 0.562. The second kappa shape index (κ2) is 8.00. The minimum absolute atomic E-state index is 0.0647. The molecule has 1 aliphatic rings. The van der Waals surface area contributed by atoms with Crippen LogP contribution >= 0.6 is 0 Å². The first-order valence-electron chi connectivity index (χ1n) is 7.40. The molecule has 2 atom stereocenters. The van der Waals surface area contributed by atoms with Crippen molar-refractivity contribution >= 4 is 5.84 Å². The van der Waals surface area contributed by atoms with Crippen LogP contribution in [0.5, 0.6) is 5.75 Å². The van der Waals surface area contributed by atoms with Gasteiger partial charge in [0.15, 0.2) is 0 Å². The van der Waals surface area contributed by atoms with Gasteiger partial charge < -0.3 is 19.9 Å². The van der Waals surface area contributed by atoms with E-state index >= 15 is 0 Å². The molecule has 5 nitrogen and oxygen atoms in total. The summed E-state index contributed by atoms with van der Waals surface area (Å²) in [5.74, 6) is 0.830. The molecule has 5 heteroatoms. The zero-order valence-electron chi connectivity index (χ0n) is 12.5. The lowest BCUT2D eigenvalue weighted by molar-refractivity contribution is -0.0362. The van der Waals surface area contributed by atoms with Crippen molar-refractivity contribution in [1.82, 2.24) is 0 Å². The molecule has 2 rings (SSSR count). The molecule has 0 radical (unpaired) electrons. The lowest BCUT2D eigenvalue weighted by Crippen LogP contribution is -2.28. The first kappa shape index (κ1) is 15.8. The van der Waals surface area contributed by atoms with Crippen molar-refractivity contribution in [1.29, 1.82) is 5.41 Å². The quantitative estimate of drug-likeness (QED) is 0.459. The molecule has 0 spiro atoms. The van der Waals surface area contributed by atoms with Gasteiger partial charge >= 0.3 is 0 Å². The highest BCUT2D eigenvalue weighted by Gasteiger charge is 2.21. The van der Waals surface area contributed by atoms with Crippen LogP contribution in [0.2, 0.25) is 0 Å². The third-order valence-electron chi connectivity index (χ3n) is 3.78. The minimum Gasteiger partial charge on any atom is -0.491 e. The van der Waals surface area contributed by atoms with E-state index in [-0.39, 0.29) is 11.9 Å². The highest BCUT2D eigenvalue weighted by Crippen LogP contribution is 2.23. The standard InChI is InChI=1S/C16H24N2O3/c1-19-14-3-2-4-15(11-14)21-10-9-20-13-7-5-12(6-8-13)16(17)18/h5-8,14-15H,2-4,9-11H2,1H3,(H3,17,18). The minimum atomic E-state index is 0.0647. The summed E-state index contributed by atoms with van der Waals surface area (Å²) in [7, 11) is 1.76. The summed E-state index contributed by atoms with van der Waals surface area (Å²) in [4.78, 5) is 0. The molecule has 1 aliphatic carbocycles. The highest BCUT2D eigenvalue weighted by atomic mass is 16.5. The Morgan fingerprint density at radius 3 is 2.57 bits per heavy atom. The fourth-order valence-electron chi connectivity index (χ4n) is 2.57. The monoisotopic (exact) mass is 292 g/mol. The van der Waals surface area contributed by atoms with Crippen molar-refractivity contribution in [2.24, 2.45) is 5.73 Å². The number of benzene rings is 1. The van der Waals surface area contributed by atoms with E-state index in [9.17, 15) is 0 Å². The maximum Gasteiger partial charge on any atom is 0.122 e. The molecule has 2 unspecified atom stereocenters. The number of nitrogens with two attached hydrogens (primary N) is 1. The number of ether oxygens (including phenoxy) is 3. The molecule has 0 saturated heterocycles. The maximum atomic E-state index is 7.33. The van der Waals surface area contributed by atoms with E-state index in [0.717, 1.165) is 31.4 Å². The summed E-state index contributed by atoms with van der Waals surface area (Å²) in [5.41, 5.74) is 6.10. The average molecular weight is 292 g/mol. The molecule has 3 N–H and O–H groups in total. The van der Waals surface area contributed by atoms with Crippen LogP contribution < -0.4 is 10.5 Å². The smallest absolute Gasteiger partial charge is 0.122 e. The number of nitrogens with one attached hydrogen (secondary N) is 1. The van der Waals surface area contributed by atoms with Gasteiger partial charge in [0.05, 0.1) is 18.8 Å². The molecule has 0 amide bonds. The molecule has 0 aliphatic heterocycles. The second-order valence-corrected chi connectivity index (χ2v) is 5.30. The van der Waals surface area contributed by atoms with Crippen molar-refractivity contribution in [3.8, 4) is 5.75 Å². The summed E-state index contributed by atoms with van der Waals surface area (Å²) in [6.07, 6.45) is 5.00.